The number of nitrogens with zero attached hydrogens (tertiary/aromatic N) is 2. The largest absolute Gasteiger partial charge is 0.465 e. The molecule has 1 spiro atoms. The fraction of sp³-hybridized carbons (Fsp3) is 0.261. The van der Waals surface area contributed by atoms with E-state index in [2.05, 4.69) is 34.3 Å². The highest BCUT2D eigenvalue weighted by atomic mass is 32.2. The molecule has 0 amide bonds. The molecule has 3 heterocycles. The van der Waals surface area contributed by atoms with Gasteiger partial charge in [0.15, 0.2) is 0 Å². The van der Waals surface area contributed by atoms with E-state index in [1.807, 2.05) is 18.2 Å². The Hall–Kier alpha value is -3.10. The van der Waals surface area contributed by atoms with Gasteiger partial charge in [-0.3, -0.25) is 0 Å². The second-order valence-corrected chi connectivity index (χ2v) is 9.85. The number of methoxy groups -OCH3 is 1. The standard InChI is InChI=1S/C23H23N3O4S/c1-30-22(27)17-6-4-7-18(16-17)31(28,29)25-14-11-23(12-15-25)21-10-5-13-26(21)20-9-3-2-8-19(20)24-23/h2-10,13,16,24H,11-12,14-15H2,1H3. The van der Waals surface area contributed by atoms with Crippen LogP contribution in [0.1, 0.15) is 28.9 Å². The minimum atomic E-state index is -3.72. The van der Waals surface area contributed by atoms with Crippen LogP contribution in [0, 0.1) is 0 Å². The number of esters is 1. The first kappa shape index (κ1) is 19.8. The Bertz CT molecular complexity index is 1260. The maximum absolute atomic E-state index is 13.3. The van der Waals surface area contributed by atoms with Gasteiger partial charge in [-0.2, -0.15) is 4.31 Å². The molecular formula is C23H23N3O4S. The van der Waals surface area contributed by atoms with E-state index in [4.69, 9.17) is 4.74 Å². The fourth-order valence-electron chi connectivity index (χ4n) is 4.63. The Morgan fingerprint density at radius 3 is 2.58 bits per heavy atom. The smallest absolute Gasteiger partial charge is 0.337 e. The molecule has 7 nitrogen and oxygen atoms in total. The van der Waals surface area contributed by atoms with Gasteiger partial charge in [0, 0.05) is 25.0 Å². The molecule has 2 aromatic carbocycles. The second kappa shape index (κ2) is 7.25. The number of carbonyl (C=O) groups excluding carboxylic acids is 1. The topological polar surface area (TPSA) is 80.6 Å². The zero-order valence-electron chi connectivity index (χ0n) is 17.1. The Labute approximate surface area is 181 Å². The summed E-state index contributed by atoms with van der Waals surface area (Å²) in [5.41, 5.74) is 3.20. The summed E-state index contributed by atoms with van der Waals surface area (Å²) in [6, 6.07) is 18.3. The maximum Gasteiger partial charge on any atom is 0.337 e. The van der Waals surface area contributed by atoms with Crippen LogP contribution >= 0.6 is 0 Å². The minimum absolute atomic E-state index is 0.108. The van der Waals surface area contributed by atoms with E-state index in [-0.39, 0.29) is 16.0 Å². The lowest BCUT2D eigenvalue weighted by molar-refractivity contribution is 0.0600. The Morgan fingerprint density at radius 1 is 1.03 bits per heavy atom. The number of nitrogens with one attached hydrogen (secondary N) is 1. The SMILES string of the molecule is COC(=O)c1cccc(S(=O)(=O)N2CCC3(CC2)Nc2ccccc2-n2cccc23)c1. The zero-order chi connectivity index (χ0) is 21.6. The lowest BCUT2D eigenvalue weighted by Crippen LogP contribution is -2.50. The van der Waals surface area contributed by atoms with Gasteiger partial charge in [0.2, 0.25) is 10.0 Å². The van der Waals surface area contributed by atoms with Crippen LogP contribution in [0.3, 0.4) is 0 Å². The molecule has 0 aliphatic carbocycles. The van der Waals surface area contributed by atoms with E-state index < -0.39 is 16.0 Å². The van der Waals surface area contributed by atoms with Crippen molar-refractivity contribution in [2.75, 3.05) is 25.5 Å². The number of fused-ring (bicyclic) bond motifs is 4. The summed E-state index contributed by atoms with van der Waals surface area (Å²) in [7, 11) is -2.44. The third kappa shape index (κ3) is 3.14. The van der Waals surface area contributed by atoms with Gasteiger partial charge in [-0.05, 0) is 55.3 Å². The molecule has 1 N–H and O–H groups in total. The fourth-order valence-corrected chi connectivity index (χ4v) is 6.12. The van der Waals surface area contributed by atoms with Crippen molar-refractivity contribution in [1.82, 2.24) is 8.87 Å². The molecule has 1 saturated heterocycles. The molecule has 2 aliphatic heterocycles. The van der Waals surface area contributed by atoms with Crippen LogP contribution in [-0.4, -0.2) is 43.5 Å². The first-order chi connectivity index (χ1) is 14.9. The van der Waals surface area contributed by atoms with Crippen LogP contribution in [0.2, 0.25) is 0 Å². The Morgan fingerprint density at radius 2 is 1.81 bits per heavy atom. The van der Waals surface area contributed by atoms with Crippen LogP contribution in [0.25, 0.3) is 5.69 Å². The van der Waals surface area contributed by atoms with Gasteiger partial charge in [-0.15, -0.1) is 0 Å². The van der Waals surface area contributed by atoms with E-state index >= 15 is 0 Å². The van der Waals surface area contributed by atoms with Gasteiger partial charge in [0.05, 0.1) is 34.5 Å². The number of hydrogen-bond donors (Lipinski definition) is 1. The number of ether oxygens (including phenoxy) is 1. The monoisotopic (exact) mass is 437 g/mol. The second-order valence-electron chi connectivity index (χ2n) is 7.91. The summed E-state index contributed by atoms with van der Waals surface area (Å²) in [4.78, 5) is 11.9. The average molecular weight is 438 g/mol. The highest BCUT2D eigenvalue weighted by Gasteiger charge is 2.43. The molecule has 3 aromatic rings. The maximum atomic E-state index is 13.3. The summed E-state index contributed by atoms with van der Waals surface area (Å²) < 4.78 is 34.9. The van der Waals surface area contributed by atoms with Gasteiger partial charge < -0.3 is 14.6 Å². The predicted molar refractivity (Wildman–Crippen MR) is 117 cm³/mol. The van der Waals surface area contributed by atoms with Crippen LogP contribution < -0.4 is 5.32 Å². The van der Waals surface area contributed by atoms with Crippen molar-refractivity contribution >= 4 is 21.7 Å². The lowest BCUT2D eigenvalue weighted by Gasteiger charge is -2.45. The molecule has 0 bridgehead atoms. The quantitative estimate of drug-likeness (QED) is 0.636. The van der Waals surface area contributed by atoms with Gasteiger partial charge in [-0.25, -0.2) is 13.2 Å². The zero-order valence-corrected chi connectivity index (χ0v) is 17.9. The number of aromatic nitrogens is 1. The number of benzene rings is 2. The van der Waals surface area contributed by atoms with E-state index in [9.17, 15) is 13.2 Å². The normalized spacial score (nSPS) is 17.5. The van der Waals surface area contributed by atoms with Crippen LogP contribution in [0.15, 0.2) is 71.8 Å². The van der Waals surface area contributed by atoms with Gasteiger partial charge in [0.25, 0.3) is 0 Å². The number of piperidine rings is 1. The van der Waals surface area contributed by atoms with E-state index in [0.29, 0.717) is 25.9 Å². The van der Waals surface area contributed by atoms with Crippen molar-refractivity contribution in [2.24, 2.45) is 0 Å². The lowest BCUT2D eigenvalue weighted by atomic mass is 9.83. The molecule has 31 heavy (non-hydrogen) atoms. The number of carbonyl (C=O) groups is 1. The van der Waals surface area contributed by atoms with Crippen molar-refractivity contribution in [1.29, 1.82) is 0 Å². The molecule has 8 heteroatoms. The number of rotatable bonds is 3. The van der Waals surface area contributed by atoms with Crippen LogP contribution in [-0.2, 0) is 20.3 Å². The van der Waals surface area contributed by atoms with Crippen molar-refractivity contribution in [3.63, 3.8) is 0 Å². The van der Waals surface area contributed by atoms with Crippen molar-refractivity contribution in [3.8, 4) is 5.69 Å². The summed E-state index contributed by atoms with van der Waals surface area (Å²) in [6.07, 6.45) is 3.33. The third-order valence-corrected chi connectivity index (χ3v) is 8.14. The number of hydrogen-bond acceptors (Lipinski definition) is 5. The summed E-state index contributed by atoms with van der Waals surface area (Å²) in [6.45, 7) is 0.760. The highest BCUT2D eigenvalue weighted by molar-refractivity contribution is 7.89. The molecule has 2 aliphatic rings. The number of sulfonamides is 1. The average Bonchev–Trinajstić information content (AvgIpc) is 3.31. The predicted octanol–water partition coefficient (Wildman–Crippen LogP) is 3.37. The number of para-hydroxylation sites is 2. The Kier molecular flexibility index (Phi) is 4.64. The van der Waals surface area contributed by atoms with E-state index in [0.717, 1.165) is 17.1 Å². The van der Waals surface area contributed by atoms with E-state index in [1.165, 1.54) is 23.5 Å². The van der Waals surface area contributed by atoms with Crippen molar-refractivity contribution in [3.05, 3.63) is 78.1 Å². The summed E-state index contributed by atoms with van der Waals surface area (Å²) in [5, 5.41) is 3.69. The van der Waals surface area contributed by atoms with E-state index in [1.54, 1.807) is 12.1 Å². The number of anilines is 1. The molecule has 0 unspecified atom stereocenters. The Balaban J connectivity index is 1.42. The first-order valence-electron chi connectivity index (χ1n) is 10.2. The molecule has 1 fully saturated rings. The molecule has 5 rings (SSSR count). The van der Waals surface area contributed by atoms with Crippen LogP contribution in [0.4, 0.5) is 5.69 Å². The van der Waals surface area contributed by atoms with Crippen molar-refractivity contribution < 1.29 is 17.9 Å². The molecular weight excluding hydrogens is 414 g/mol. The van der Waals surface area contributed by atoms with Gasteiger partial charge in [-0.1, -0.05) is 18.2 Å². The third-order valence-electron chi connectivity index (χ3n) is 6.25. The molecule has 0 saturated carbocycles. The van der Waals surface area contributed by atoms with Gasteiger partial charge in [0.1, 0.15) is 0 Å². The van der Waals surface area contributed by atoms with Crippen LogP contribution in [0.5, 0.6) is 0 Å². The minimum Gasteiger partial charge on any atom is -0.465 e. The van der Waals surface area contributed by atoms with Crippen molar-refractivity contribution in [2.45, 2.75) is 23.3 Å². The summed E-state index contributed by atoms with van der Waals surface area (Å²) in [5.74, 6) is -0.555. The highest BCUT2D eigenvalue weighted by Crippen LogP contribution is 2.43. The molecule has 0 atom stereocenters. The molecule has 1 aromatic heterocycles. The molecule has 160 valence electrons. The summed E-state index contributed by atoms with van der Waals surface area (Å²) >= 11 is 0. The molecule has 0 radical (unpaired) electrons. The first-order valence-corrected chi connectivity index (χ1v) is 11.6. The van der Waals surface area contributed by atoms with Gasteiger partial charge >= 0.3 is 5.97 Å².